The van der Waals surface area contributed by atoms with Gasteiger partial charge >= 0.3 is 0 Å². The molecule has 0 atom stereocenters. The number of ether oxygens (including phenoxy) is 1. The molecule has 0 spiro atoms. The van der Waals surface area contributed by atoms with Crippen molar-refractivity contribution in [3.8, 4) is 6.07 Å². The van der Waals surface area contributed by atoms with Gasteiger partial charge in [-0.2, -0.15) is 5.26 Å². The van der Waals surface area contributed by atoms with Gasteiger partial charge in [-0.15, -0.1) is 0 Å². The van der Waals surface area contributed by atoms with Crippen molar-refractivity contribution in [3.05, 3.63) is 56.6 Å². The third-order valence-corrected chi connectivity index (χ3v) is 5.25. The van der Waals surface area contributed by atoms with E-state index in [0.29, 0.717) is 59.6 Å². The summed E-state index contributed by atoms with van der Waals surface area (Å²) in [5.74, 6) is 0.603. The molecule has 2 heterocycles. The Kier molecular flexibility index (Phi) is 4.46. The monoisotopic (exact) mass is 363 g/mol. The molecule has 1 aromatic carbocycles. The first-order valence-corrected chi connectivity index (χ1v) is 9.08. The van der Waals surface area contributed by atoms with E-state index in [4.69, 9.17) is 14.9 Å². The number of aryl methyl sites for hydroxylation is 1. The molecule has 0 unspecified atom stereocenters. The van der Waals surface area contributed by atoms with Gasteiger partial charge in [-0.1, -0.05) is 0 Å². The van der Waals surface area contributed by atoms with Gasteiger partial charge in [0, 0.05) is 30.9 Å². The Labute approximate surface area is 157 Å². The first-order chi connectivity index (χ1) is 13.1. The maximum absolute atomic E-state index is 13.2. The van der Waals surface area contributed by atoms with Crippen LogP contribution in [0.2, 0.25) is 0 Å². The second-order valence-corrected chi connectivity index (χ2v) is 6.91. The lowest BCUT2D eigenvalue weighted by Gasteiger charge is -2.29. The summed E-state index contributed by atoms with van der Waals surface area (Å²) in [5.41, 5.74) is 9.61. The number of nitrogens with zero attached hydrogens (tertiary/aromatic N) is 2. The molecule has 1 aliphatic heterocycles. The highest BCUT2D eigenvalue weighted by Crippen LogP contribution is 2.27. The predicted octanol–water partition coefficient (Wildman–Crippen LogP) is 2.72. The number of benzene rings is 1. The van der Waals surface area contributed by atoms with Crippen LogP contribution in [0, 0.1) is 11.3 Å². The molecule has 0 radical (unpaired) electrons. The van der Waals surface area contributed by atoms with Gasteiger partial charge in [0.2, 0.25) is 0 Å². The van der Waals surface area contributed by atoms with E-state index in [9.17, 15) is 10.1 Å². The van der Waals surface area contributed by atoms with E-state index in [1.165, 1.54) is 0 Å². The zero-order valence-electron chi connectivity index (χ0n) is 15.2. The van der Waals surface area contributed by atoms with Crippen LogP contribution in [-0.2, 0) is 11.2 Å². The SMILES string of the molecule is C/C1=C(N)\C(C#N)=C/c2c(oc3ccc(N4CCOCC4)cc3c2=O)CC1. The molecular formula is C21H21N3O3. The molecule has 2 aliphatic rings. The third-order valence-electron chi connectivity index (χ3n) is 5.25. The van der Waals surface area contributed by atoms with Crippen molar-refractivity contribution in [1.82, 2.24) is 0 Å². The highest BCUT2D eigenvalue weighted by Gasteiger charge is 2.19. The van der Waals surface area contributed by atoms with Crippen LogP contribution >= 0.6 is 0 Å². The summed E-state index contributed by atoms with van der Waals surface area (Å²) in [6, 6.07) is 7.81. The second-order valence-electron chi connectivity index (χ2n) is 6.91. The Morgan fingerprint density at radius 2 is 2.00 bits per heavy atom. The maximum Gasteiger partial charge on any atom is 0.200 e. The van der Waals surface area contributed by atoms with Gasteiger partial charge in [0.1, 0.15) is 17.4 Å². The van der Waals surface area contributed by atoms with Crippen LogP contribution in [0.15, 0.2) is 44.3 Å². The summed E-state index contributed by atoms with van der Waals surface area (Å²) in [6.07, 6.45) is 2.80. The Bertz CT molecular complexity index is 1070. The smallest absolute Gasteiger partial charge is 0.200 e. The number of hydrogen-bond acceptors (Lipinski definition) is 6. The Morgan fingerprint density at radius 3 is 2.74 bits per heavy atom. The molecule has 0 amide bonds. The quantitative estimate of drug-likeness (QED) is 0.837. The molecule has 2 N–H and O–H groups in total. The summed E-state index contributed by atoms with van der Waals surface area (Å²) >= 11 is 0. The lowest BCUT2D eigenvalue weighted by molar-refractivity contribution is 0.122. The number of allylic oxidation sites excluding steroid dienone is 2. The van der Waals surface area contributed by atoms with Crippen LogP contribution in [-0.4, -0.2) is 26.3 Å². The molecular weight excluding hydrogens is 342 g/mol. The fourth-order valence-electron chi connectivity index (χ4n) is 3.57. The number of morpholine rings is 1. The summed E-state index contributed by atoms with van der Waals surface area (Å²) in [5, 5.41) is 9.98. The summed E-state index contributed by atoms with van der Waals surface area (Å²) in [6.45, 7) is 4.84. The zero-order valence-corrected chi connectivity index (χ0v) is 15.2. The third kappa shape index (κ3) is 3.11. The van der Waals surface area contributed by atoms with Crippen LogP contribution < -0.4 is 16.1 Å². The van der Waals surface area contributed by atoms with E-state index >= 15 is 0 Å². The molecule has 0 saturated carbocycles. The molecule has 4 rings (SSSR count). The molecule has 27 heavy (non-hydrogen) atoms. The summed E-state index contributed by atoms with van der Waals surface area (Å²) in [4.78, 5) is 15.4. The van der Waals surface area contributed by atoms with Gasteiger partial charge in [-0.05, 0) is 43.2 Å². The van der Waals surface area contributed by atoms with Crippen LogP contribution in [0.25, 0.3) is 17.0 Å². The average Bonchev–Trinajstić information content (AvgIpc) is 2.70. The lowest BCUT2D eigenvalue weighted by Crippen LogP contribution is -2.36. The molecule has 1 saturated heterocycles. The standard InChI is InChI=1S/C21H21N3O3/c1-13-2-4-18-16(10-14(12-22)20(13)23)21(25)17-11-15(3-5-19(17)27-18)24-6-8-26-9-7-24/h3,5,10-11H,2,4,6-9,23H2,1H3/b14-10-,20-13-. The maximum atomic E-state index is 13.2. The highest BCUT2D eigenvalue weighted by atomic mass is 16.5. The lowest BCUT2D eigenvalue weighted by atomic mass is 9.96. The molecule has 0 bridgehead atoms. The van der Waals surface area contributed by atoms with E-state index in [-0.39, 0.29) is 5.43 Å². The van der Waals surface area contributed by atoms with Crippen molar-refractivity contribution in [2.75, 3.05) is 31.2 Å². The fraction of sp³-hybridized carbons (Fsp3) is 0.333. The van der Waals surface area contributed by atoms with Crippen molar-refractivity contribution in [2.45, 2.75) is 19.8 Å². The summed E-state index contributed by atoms with van der Waals surface area (Å²) in [7, 11) is 0. The first-order valence-electron chi connectivity index (χ1n) is 9.08. The molecule has 2 aromatic rings. The number of nitrogens with two attached hydrogens (primary N) is 1. The minimum absolute atomic E-state index is 0.124. The van der Waals surface area contributed by atoms with Gasteiger partial charge in [-0.25, -0.2) is 0 Å². The van der Waals surface area contributed by atoms with E-state index in [0.717, 1.165) is 24.4 Å². The van der Waals surface area contributed by atoms with Gasteiger partial charge in [0.25, 0.3) is 0 Å². The van der Waals surface area contributed by atoms with Crippen molar-refractivity contribution >= 4 is 22.7 Å². The van der Waals surface area contributed by atoms with E-state index in [2.05, 4.69) is 11.0 Å². The van der Waals surface area contributed by atoms with Crippen LogP contribution in [0.3, 0.4) is 0 Å². The number of fused-ring (bicyclic) bond motifs is 2. The molecule has 1 fully saturated rings. The predicted molar refractivity (Wildman–Crippen MR) is 104 cm³/mol. The van der Waals surface area contributed by atoms with Crippen LogP contribution in [0.4, 0.5) is 5.69 Å². The zero-order chi connectivity index (χ0) is 19.0. The van der Waals surface area contributed by atoms with Gasteiger partial charge in [-0.3, -0.25) is 4.79 Å². The first kappa shape index (κ1) is 17.4. The fourth-order valence-corrected chi connectivity index (χ4v) is 3.57. The molecule has 6 heteroatoms. The molecule has 1 aliphatic carbocycles. The normalized spacial score (nSPS) is 22.4. The number of nitriles is 1. The van der Waals surface area contributed by atoms with E-state index < -0.39 is 0 Å². The van der Waals surface area contributed by atoms with Crippen molar-refractivity contribution in [1.29, 1.82) is 5.26 Å². The Morgan fingerprint density at radius 1 is 1.22 bits per heavy atom. The minimum Gasteiger partial charge on any atom is -0.460 e. The van der Waals surface area contributed by atoms with Gasteiger partial charge in [0.15, 0.2) is 5.43 Å². The molecule has 1 aromatic heterocycles. The number of rotatable bonds is 1. The largest absolute Gasteiger partial charge is 0.460 e. The van der Waals surface area contributed by atoms with Gasteiger partial charge < -0.3 is 19.8 Å². The summed E-state index contributed by atoms with van der Waals surface area (Å²) < 4.78 is 11.5. The average molecular weight is 363 g/mol. The van der Waals surface area contributed by atoms with Crippen LogP contribution in [0.5, 0.6) is 0 Å². The Balaban J connectivity index is 1.89. The van der Waals surface area contributed by atoms with E-state index in [1.807, 2.05) is 25.1 Å². The van der Waals surface area contributed by atoms with Crippen molar-refractivity contribution in [2.24, 2.45) is 5.73 Å². The minimum atomic E-state index is -0.124. The van der Waals surface area contributed by atoms with Crippen molar-refractivity contribution < 1.29 is 9.15 Å². The molecule has 6 nitrogen and oxygen atoms in total. The van der Waals surface area contributed by atoms with Gasteiger partial charge in [0.05, 0.1) is 29.7 Å². The van der Waals surface area contributed by atoms with Crippen molar-refractivity contribution in [3.63, 3.8) is 0 Å². The van der Waals surface area contributed by atoms with Crippen LogP contribution in [0.1, 0.15) is 24.7 Å². The highest BCUT2D eigenvalue weighted by molar-refractivity contribution is 5.84. The van der Waals surface area contributed by atoms with E-state index in [1.54, 1.807) is 6.08 Å². The topological polar surface area (TPSA) is 92.5 Å². The number of hydrogen-bond donors (Lipinski definition) is 1. The molecule has 138 valence electrons. The Hall–Kier alpha value is -3.04. The second kappa shape index (κ2) is 6.93. The number of anilines is 1.